The van der Waals surface area contributed by atoms with E-state index >= 15 is 0 Å². The Morgan fingerprint density at radius 2 is 1.91 bits per heavy atom. The molecule has 2 aromatic carbocycles. The molecule has 0 aromatic heterocycles. The van der Waals surface area contributed by atoms with Crippen LogP contribution in [-0.4, -0.2) is 66.2 Å². The van der Waals surface area contributed by atoms with Gasteiger partial charge < -0.3 is 25.2 Å². The Morgan fingerprint density at radius 1 is 1.09 bits per heavy atom. The van der Waals surface area contributed by atoms with Crippen LogP contribution in [0.3, 0.4) is 0 Å². The van der Waals surface area contributed by atoms with Crippen LogP contribution in [0.4, 0.5) is 0 Å². The molecule has 0 saturated heterocycles. The number of rotatable bonds is 5. The molecule has 4 rings (SSSR count). The minimum Gasteiger partial charge on any atom is -0.478 e. The molecule has 0 amide bonds. The average Bonchev–Trinajstić information content (AvgIpc) is 3.20. The molecule has 0 unspecified atom stereocenters. The van der Waals surface area contributed by atoms with E-state index in [1.165, 1.54) is 12.1 Å². The minimum absolute atomic E-state index is 0.117. The van der Waals surface area contributed by atoms with Crippen LogP contribution in [0.25, 0.3) is 0 Å². The van der Waals surface area contributed by atoms with Crippen molar-refractivity contribution >= 4 is 29.6 Å². The van der Waals surface area contributed by atoms with E-state index in [2.05, 4.69) is 19.9 Å². The molecular weight excluding hydrogens is 412 g/mol. The van der Waals surface area contributed by atoms with Gasteiger partial charge in [0.25, 0.3) is 0 Å². The number of nitrogens with zero attached hydrogens (tertiary/aromatic N) is 4. The highest BCUT2D eigenvalue weighted by atomic mass is 16.5. The molecule has 0 saturated carbocycles. The molecule has 10 nitrogen and oxygen atoms in total. The van der Waals surface area contributed by atoms with Gasteiger partial charge in [0, 0.05) is 31.1 Å². The number of nitrogens with one attached hydrogen (secondary N) is 1. The van der Waals surface area contributed by atoms with Crippen molar-refractivity contribution in [2.24, 2.45) is 20.7 Å². The highest BCUT2D eigenvalue weighted by molar-refractivity contribution is 6.05. The molecule has 0 fully saturated rings. The Hall–Kier alpha value is -4.21. The standard InChI is InChI=1S/C22H22N6O4/c1-28-10-9-25-20(28)13-3-2-4-14(11-13)32-22-26-8-7-18(27-22)31-15-5-6-16(19(23)24)17(12-15)21(29)30/h2-6,11-12H,7-10H2,1H3,(H3,23,24)(H,29,30). The summed E-state index contributed by atoms with van der Waals surface area (Å²) in [6, 6.07) is 12.0. The summed E-state index contributed by atoms with van der Waals surface area (Å²) in [6.07, 6.45) is 0.436. The summed E-state index contributed by atoms with van der Waals surface area (Å²) in [5.41, 5.74) is 6.41. The Kier molecular flexibility index (Phi) is 5.84. The molecule has 2 heterocycles. The van der Waals surface area contributed by atoms with E-state index in [0.29, 0.717) is 24.6 Å². The zero-order valence-corrected chi connectivity index (χ0v) is 17.4. The summed E-state index contributed by atoms with van der Waals surface area (Å²) in [5.74, 6) is 0.581. The largest absolute Gasteiger partial charge is 0.478 e. The van der Waals surface area contributed by atoms with Crippen molar-refractivity contribution in [2.75, 3.05) is 26.7 Å². The second kappa shape index (κ2) is 8.88. The van der Waals surface area contributed by atoms with Gasteiger partial charge in [-0.05, 0) is 30.3 Å². The number of hydrogen-bond acceptors (Lipinski definition) is 8. The third kappa shape index (κ3) is 4.59. The first kappa shape index (κ1) is 21.0. The van der Waals surface area contributed by atoms with Gasteiger partial charge in [-0.25, -0.2) is 9.79 Å². The molecule has 10 heteroatoms. The van der Waals surface area contributed by atoms with E-state index in [1.54, 1.807) is 6.07 Å². The number of hydrogen-bond donors (Lipinski definition) is 3. The van der Waals surface area contributed by atoms with Crippen LogP contribution in [-0.2, 0) is 0 Å². The third-order valence-electron chi connectivity index (χ3n) is 4.90. The number of amidine groups is 3. The number of likely N-dealkylation sites (N-methyl/N-ethyl adjacent to an activating group) is 1. The van der Waals surface area contributed by atoms with E-state index in [1.807, 2.05) is 31.3 Å². The van der Waals surface area contributed by atoms with Crippen molar-refractivity contribution in [1.82, 2.24) is 4.90 Å². The van der Waals surface area contributed by atoms with E-state index in [9.17, 15) is 9.90 Å². The average molecular weight is 434 g/mol. The molecule has 4 N–H and O–H groups in total. The maximum atomic E-state index is 11.5. The zero-order chi connectivity index (χ0) is 22.7. The van der Waals surface area contributed by atoms with Gasteiger partial charge in [0.1, 0.15) is 23.2 Å². The number of aliphatic imine (C=N–C) groups is 3. The SMILES string of the molecule is CN1CCN=C1c1cccc(OC2=NCCC(Oc3ccc(C(=N)N)c(C(=O)O)c3)=N2)c1. The Morgan fingerprint density at radius 3 is 2.62 bits per heavy atom. The lowest BCUT2D eigenvalue weighted by Crippen LogP contribution is -2.23. The summed E-state index contributed by atoms with van der Waals surface area (Å²) in [4.78, 5) is 26.7. The van der Waals surface area contributed by atoms with Crippen molar-refractivity contribution in [3.05, 3.63) is 59.2 Å². The van der Waals surface area contributed by atoms with Crippen molar-refractivity contribution < 1.29 is 19.4 Å². The van der Waals surface area contributed by atoms with Crippen molar-refractivity contribution in [2.45, 2.75) is 6.42 Å². The fourth-order valence-corrected chi connectivity index (χ4v) is 3.36. The fourth-order valence-electron chi connectivity index (χ4n) is 3.36. The number of benzene rings is 2. The highest BCUT2D eigenvalue weighted by Crippen LogP contribution is 2.21. The van der Waals surface area contributed by atoms with Crippen LogP contribution in [0.15, 0.2) is 57.4 Å². The maximum absolute atomic E-state index is 11.5. The smallest absolute Gasteiger partial charge is 0.336 e. The Bertz CT molecular complexity index is 1170. The molecule has 0 radical (unpaired) electrons. The number of carboxylic acids is 1. The second-order valence-corrected chi connectivity index (χ2v) is 7.20. The van der Waals surface area contributed by atoms with E-state index in [0.717, 1.165) is 24.5 Å². The Balaban J connectivity index is 1.50. The van der Waals surface area contributed by atoms with Gasteiger partial charge in [-0.3, -0.25) is 10.4 Å². The lowest BCUT2D eigenvalue weighted by atomic mass is 10.1. The van der Waals surface area contributed by atoms with Crippen molar-refractivity contribution in [3.8, 4) is 11.5 Å². The molecule has 32 heavy (non-hydrogen) atoms. The molecular formula is C22H22N6O4. The van der Waals surface area contributed by atoms with Gasteiger partial charge in [0.2, 0.25) is 5.90 Å². The molecule has 0 bridgehead atoms. The molecule has 164 valence electrons. The van der Waals surface area contributed by atoms with E-state index in [-0.39, 0.29) is 28.7 Å². The summed E-state index contributed by atoms with van der Waals surface area (Å²) < 4.78 is 11.6. The van der Waals surface area contributed by atoms with Crippen LogP contribution in [0.1, 0.15) is 27.9 Å². The van der Waals surface area contributed by atoms with Crippen molar-refractivity contribution in [3.63, 3.8) is 0 Å². The predicted molar refractivity (Wildman–Crippen MR) is 121 cm³/mol. The summed E-state index contributed by atoms with van der Waals surface area (Å²) in [6.45, 7) is 2.07. The van der Waals surface area contributed by atoms with Crippen LogP contribution in [0.5, 0.6) is 11.5 Å². The first-order valence-corrected chi connectivity index (χ1v) is 9.96. The minimum atomic E-state index is -1.20. The number of carbonyl (C=O) groups is 1. The van der Waals surface area contributed by atoms with Gasteiger partial charge in [0.15, 0.2) is 0 Å². The van der Waals surface area contributed by atoms with Crippen LogP contribution in [0.2, 0.25) is 0 Å². The lowest BCUT2D eigenvalue weighted by Gasteiger charge is -2.16. The van der Waals surface area contributed by atoms with Gasteiger partial charge >= 0.3 is 12.0 Å². The number of aromatic carboxylic acids is 1. The van der Waals surface area contributed by atoms with Crippen LogP contribution >= 0.6 is 0 Å². The quantitative estimate of drug-likeness (QED) is 0.484. The van der Waals surface area contributed by atoms with E-state index < -0.39 is 5.97 Å². The lowest BCUT2D eigenvalue weighted by molar-refractivity contribution is 0.0696. The summed E-state index contributed by atoms with van der Waals surface area (Å²) in [5, 5.41) is 16.9. The fraction of sp³-hybridized carbons (Fsp3) is 0.227. The maximum Gasteiger partial charge on any atom is 0.336 e. The zero-order valence-electron chi connectivity index (χ0n) is 17.4. The topological polar surface area (TPSA) is 146 Å². The second-order valence-electron chi connectivity index (χ2n) is 7.20. The highest BCUT2D eigenvalue weighted by Gasteiger charge is 2.18. The normalized spacial score (nSPS) is 15.5. The molecule has 2 aliphatic rings. The molecule has 2 aromatic rings. The third-order valence-corrected chi connectivity index (χ3v) is 4.90. The van der Waals surface area contributed by atoms with Crippen LogP contribution in [0, 0.1) is 5.41 Å². The Labute approximate surface area is 184 Å². The number of nitrogen functional groups attached to an aromatic ring is 1. The molecule has 2 aliphatic heterocycles. The molecule has 0 spiro atoms. The first-order chi connectivity index (χ1) is 15.4. The summed E-state index contributed by atoms with van der Waals surface area (Å²) >= 11 is 0. The predicted octanol–water partition coefficient (Wildman–Crippen LogP) is 1.98. The van der Waals surface area contributed by atoms with E-state index in [4.69, 9.17) is 20.6 Å². The van der Waals surface area contributed by atoms with Gasteiger partial charge in [-0.2, -0.15) is 4.99 Å². The number of ether oxygens (including phenoxy) is 2. The van der Waals surface area contributed by atoms with Crippen molar-refractivity contribution in [1.29, 1.82) is 5.41 Å². The first-order valence-electron chi connectivity index (χ1n) is 9.96. The summed E-state index contributed by atoms with van der Waals surface area (Å²) in [7, 11) is 2.00. The van der Waals surface area contributed by atoms with Gasteiger partial charge in [-0.1, -0.05) is 12.1 Å². The number of nitrogens with two attached hydrogens (primary N) is 1. The molecule has 0 atom stereocenters. The number of carboxylic acid groups (broad SMARTS) is 1. The molecule has 0 aliphatic carbocycles. The van der Waals surface area contributed by atoms with Crippen LogP contribution < -0.4 is 15.2 Å². The monoisotopic (exact) mass is 434 g/mol. The van der Waals surface area contributed by atoms with Gasteiger partial charge in [0.05, 0.1) is 18.7 Å². The van der Waals surface area contributed by atoms with Gasteiger partial charge in [-0.15, -0.1) is 0 Å².